The first-order chi connectivity index (χ1) is 9.08. The zero-order chi connectivity index (χ0) is 13.8. The molecule has 3 heteroatoms. The van der Waals surface area contributed by atoms with Gasteiger partial charge in [0.2, 0.25) is 5.91 Å². The van der Waals surface area contributed by atoms with Crippen molar-refractivity contribution in [3.8, 4) is 0 Å². The van der Waals surface area contributed by atoms with E-state index < -0.39 is 0 Å². The summed E-state index contributed by atoms with van der Waals surface area (Å²) in [6, 6.07) is 10.2. The molecule has 1 aromatic carbocycles. The van der Waals surface area contributed by atoms with E-state index in [4.69, 9.17) is 0 Å². The van der Waals surface area contributed by atoms with E-state index in [0.29, 0.717) is 18.0 Å². The molecule has 0 heterocycles. The van der Waals surface area contributed by atoms with E-state index in [1.807, 2.05) is 18.2 Å². The predicted molar refractivity (Wildman–Crippen MR) is 74.6 cm³/mol. The Balaban J connectivity index is 2.11. The fourth-order valence-corrected chi connectivity index (χ4v) is 2.65. The fourth-order valence-electron chi connectivity index (χ4n) is 2.65. The Labute approximate surface area is 113 Å². The summed E-state index contributed by atoms with van der Waals surface area (Å²) >= 11 is 0. The molecule has 0 spiro atoms. The lowest BCUT2D eigenvalue weighted by molar-refractivity contribution is -0.118. The predicted octanol–water partition coefficient (Wildman–Crippen LogP) is 2.93. The van der Waals surface area contributed by atoms with Crippen molar-refractivity contribution in [1.82, 2.24) is 5.32 Å². The summed E-state index contributed by atoms with van der Waals surface area (Å²) in [6.45, 7) is 3.27. The minimum atomic E-state index is -0.122. The molecule has 0 unspecified atom stereocenters. The van der Waals surface area contributed by atoms with Gasteiger partial charge in [0.25, 0.3) is 0 Å². The number of carbonyl (C=O) groups excluding carboxylic acids is 2. The number of amides is 1. The molecule has 1 fully saturated rings. The van der Waals surface area contributed by atoms with Gasteiger partial charge in [0, 0.05) is 24.6 Å². The molecule has 1 amide bonds. The molecule has 2 rings (SSSR count). The van der Waals surface area contributed by atoms with Crippen LogP contribution in [0.4, 0.5) is 0 Å². The third-order valence-corrected chi connectivity index (χ3v) is 3.60. The summed E-state index contributed by atoms with van der Waals surface area (Å²) < 4.78 is 0. The van der Waals surface area contributed by atoms with Crippen LogP contribution >= 0.6 is 0 Å². The lowest BCUT2D eigenvalue weighted by Crippen LogP contribution is -2.24. The van der Waals surface area contributed by atoms with E-state index in [2.05, 4.69) is 17.4 Å². The first kappa shape index (κ1) is 13.5. The highest BCUT2D eigenvalue weighted by Gasteiger charge is 2.26. The van der Waals surface area contributed by atoms with Crippen LogP contribution in [-0.4, -0.2) is 11.7 Å². The molecule has 1 aromatic rings. The van der Waals surface area contributed by atoms with Crippen LogP contribution < -0.4 is 5.32 Å². The number of hydrogen-bond acceptors (Lipinski definition) is 2. The Bertz CT molecular complexity index is 517. The summed E-state index contributed by atoms with van der Waals surface area (Å²) in [4.78, 5) is 23.2. The van der Waals surface area contributed by atoms with Gasteiger partial charge in [-0.1, -0.05) is 30.3 Å². The van der Waals surface area contributed by atoms with E-state index in [0.717, 1.165) is 18.4 Å². The molecule has 0 aliphatic heterocycles. The Morgan fingerprint density at radius 1 is 1.21 bits per heavy atom. The van der Waals surface area contributed by atoms with Gasteiger partial charge >= 0.3 is 0 Å². The molecule has 3 nitrogen and oxygen atoms in total. The Morgan fingerprint density at radius 3 is 2.47 bits per heavy atom. The van der Waals surface area contributed by atoms with Crippen LogP contribution in [0.1, 0.15) is 44.6 Å². The number of benzene rings is 1. The van der Waals surface area contributed by atoms with E-state index in [1.54, 1.807) is 6.92 Å². The van der Waals surface area contributed by atoms with Crippen LogP contribution in [-0.2, 0) is 9.59 Å². The minimum absolute atomic E-state index is 0.122. The first-order valence-corrected chi connectivity index (χ1v) is 6.63. The number of rotatable bonds is 2. The van der Waals surface area contributed by atoms with Gasteiger partial charge in [-0.3, -0.25) is 9.59 Å². The van der Waals surface area contributed by atoms with E-state index >= 15 is 0 Å². The molecule has 19 heavy (non-hydrogen) atoms. The Morgan fingerprint density at radius 2 is 1.89 bits per heavy atom. The van der Waals surface area contributed by atoms with E-state index in [1.165, 1.54) is 12.5 Å². The highest BCUT2D eigenvalue weighted by atomic mass is 16.1. The van der Waals surface area contributed by atoms with Gasteiger partial charge in [-0.05, 0) is 31.2 Å². The monoisotopic (exact) mass is 257 g/mol. The topological polar surface area (TPSA) is 46.2 Å². The van der Waals surface area contributed by atoms with Crippen molar-refractivity contribution < 1.29 is 9.59 Å². The molecule has 100 valence electrons. The molecular weight excluding hydrogens is 238 g/mol. The largest absolute Gasteiger partial charge is 0.330 e. The third-order valence-electron chi connectivity index (χ3n) is 3.60. The van der Waals surface area contributed by atoms with Gasteiger partial charge in [-0.2, -0.15) is 0 Å². The zero-order valence-corrected chi connectivity index (χ0v) is 11.4. The molecule has 1 aliphatic carbocycles. The van der Waals surface area contributed by atoms with Crippen molar-refractivity contribution >= 4 is 11.7 Å². The second-order valence-electron chi connectivity index (χ2n) is 5.06. The Hall–Kier alpha value is -1.90. The normalized spacial score (nSPS) is 22.0. The summed E-state index contributed by atoms with van der Waals surface area (Å²) in [5.74, 6) is 0.344. The third kappa shape index (κ3) is 3.31. The molecule has 0 radical (unpaired) electrons. The zero-order valence-electron chi connectivity index (χ0n) is 11.4. The molecular formula is C16H19NO2. The SMILES string of the molecule is CC(=O)N/C(C)=C1\CC[C@H](c2ccccc2)CC1=O. The average molecular weight is 257 g/mol. The van der Waals surface area contributed by atoms with Crippen molar-refractivity contribution in [3.63, 3.8) is 0 Å². The summed E-state index contributed by atoms with van der Waals surface area (Å²) in [7, 11) is 0. The highest BCUT2D eigenvalue weighted by Crippen LogP contribution is 2.34. The van der Waals surface area contributed by atoms with Gasteiger partial charge < -0.3 is 5.32 Å². The molecule has 1 aliphatic rings. The van der Waals surface area contributed by atoms with Crippen LogP contribution in [0.5, 0.6) is 0 Å². The van der Waals surface area contributed by atoms with Gasteiger partial charge in [0.05, 0.1) is 0 Å². The number of nitrogens with one attached hydrogen (secondary N) is 1. The van der Waals surface area contributed by atoms with Crippen LogP contribution in [0.3, 0.4) is 0 Å². The summed E-state index contributed by atoms with van der Waals surface area (Å²) in [6.07, 6.45) is 2.24. The van der Waals surface area contributed by atoms with Gasteiger partial charge in [-0.25, -0.2) is 0 Å². The van der Waals surface area contributed by atoms with Crippen molar-refractivity contribution in [2.24, 2.45) is 0 Å². The van der Waals surface area contributed by atoms with E-state index in [9.17, 15) is 9.59 Å². The molecule has 0 saturated heterocycles. The lowest BCUT2D eigenvalue weighted by Gasteiger charge is -2.24. The molecule has 1 N–H and O–H groups in total. The van der Waals surface area contributed by atoms with Crippen LogP contribution in [0.25, 0.3) is 0 Å². The maximum Gasteiger partial charge on any atom is 0.220 e. The number of ketones is 1. The number of Topliss-reactive ketones (excluding diaryl/α,β-unsaturated/α-hetero) is 1. The number of hydrogen-bond donors (Lipinski definition) is 1. The number of carbonyl (C=O) groups is 2. The summed E-state index contributed by atoms with van der Waals surface area (Å²) in [5.41, 5.74) is 2.72. The summed E-state index contributed by atoms with van der Waals surface area (Å²) in [5, 5.41) is 2.72. The van der Waals surface area contributed by atoms with Gasteiger partial charge in [0.15, 0.2) is 5.78 Å². The standard InChI is InChI=1S/C16H19NO2/c1-11(17-12(2)18)15-9-8-14(10-16(15)19)13-6-4-3-5-7-13/h3-7,14H,8-10H2,1-2H3,(H,17,18)/b15-11+/t14-/m0/s1. The van der Waals surface area contributed by atoms with Gasteiger partial charge in [-0.15, -0.1) is 0 Å². The smallest absolute Gasteiger partial charge is 0.220 e. The minimum Gasteiger partial charge on any atom is -0.330 e. The maximum absolute atomic E-state index is 12.2. The average Bonchev–Trinajstić information content (AvgIpc) is 2.38. The molecule has 0 aromatic heterocycles. The van der Waals surface area contributed by atoms with E-state index in [-0.39, 0.29) is 11.7 Å². The lowest BCUT2D eigenvalue weighted by atomic mass is 9.80. The second-order valence-corrected chi connectivity index (χ2v) is 5.06. The van der Waals surface area contributed by atoms with Gasteiger partial charge in [0.1, 0.15) is 0 Å². The van der Waals surface area contributed by atoms with Crippen molar-refractivity contribution in [2.45, 2.75) is 39.0 Å². The van der Waals surface area contributed by atoms with Crippen LogP contribution in [0, 0.1) is 0 Å². The molecule has 0 bridgehead atoms. The quantitative estimate of drug-likeness (QED) is 0.828. The van der Waals surface area contributed by atoms with Crippen LogP contribution in [0.15, 0.2) is 41.6 Å². The van der Waals surface area contributed by atoms with Crippen molar-refractivity contribution in [1.29, 1.82) is 0 Å². The maximum atomic E-state index is 12.2. The number of allylic oxidation sites excluding steroid dienone is 2. The molecule has 1 saturated carbocycles. The van der Waals surface area contributed by atoms with Crippen molar-refractivity contribution in [2.75, 3.05) is 0 Å². The fraction of sp³-hybridized carbons (Fsp3) is 0.375. The van der Waals surface area contributed by atoms with Crippen molar-refractivity contribution in [3.05, 3.63) is 47.2 Å². The second kappa shape index (κ2) is 5.83. The highest BCUT2D eigenvalue weighted by molar-refractivity contribution is 5.97. The first-order valence-electron chi connectivity index (χ1n) is 6.63. The molecule has 1 atom stereocenters. The Kier molecular flexibility index (Phi) is 4.15. The van der Waals surface area contributed by atoms with Crippen LogP contribution in [0.2, 0.25) is 0 Å².